The molecular weight excluding hydrogens is 412 g/mol. The molecule has 1 amide bonds. The lowest BCUT2D eigenvalue weighted by molar-refractivity contribution is 0.102. The fourth-order valence-corrected chi connectivity index (χ4v) is 4.85. The van der Waals surface area contributed by atoms with E-state index in [1.807, 2.05) is 56.3 Å². The molecule has 0 saturated carbocycles. The van der Waals surface area contributed by atoms with Crippen LogP contribution in [0.4, 0.5) is 5.69 Å². The van der Waals surface area contributed by atoms with Crippen LogP contribution in [-0.4, -0.2) is 53.8 Å². The van der Waals surface area contributed by atoms with Crippen LogP contribution in [0, 0.1) is 13.8 Å². The lowest BCUT2D eigenvalue weighted by Crippen LogP contribution is -2.39. The lowest BCUT2D eigenvalue weighted by Gasteiger charge is -2.26. The van der Waals surface area contributed by atoms with Gasteiger partial charge in [-0.3, -0.25) is 9.69 Å². The van der Waals surface area contributed by atoms with Gasteiger partial charge in [0.05, 0.1) is 17.2 Å². The van der Waals surface area contributed by atoms with E-state index < -0.39 is 9.84 Å². The SMILES string of the molecule is Cc1nc(-c2ccc(NC(=O)c3cccc(CN4CCS(=O)(=O)CC4)c3)cc2)[nH]c1C. The van der Waals surface area contributed by atoms with Gasteiger partial charge in [0.1, 0.15) is 5.82 Å². The molecule has 8 heteroatoms. The summed E-state index contributed by atoms with van der Waals surface area (Å²) in [4.78, 5) is 22.6. The second-order valence-electron chi connectivity index (χ2n) is 7.96. The summed E-state index contributed by atoms with van der Waals surface area (Å²) in [5.74, 6) is 1.02. The van der Waals surface area contributed by atoms with E-state index in [4.69, 9.17) is 0 Å². The number of carbonyl (C=O) groups is 1. The minimum atomic E-state index is -2.90. The molecule has 3 aromatic rings. The summed E-state index contributed by atoms with van der Waals surface area (Å²) >= 11 is 0. The summed E-state index contributed by atoms with van der Waals surface area (Å²) in [6, 6.07) is 15.0. The van der Waals surface area contributed by atoms with Crippen LogP contribution in [-0.2, 0) is 16.4 Å². The number of aromatic nitrogens is 2. The average molecular weight is 439 g/mol. The predicted molar refractivity (Wildman–Crippen MR) is 122 cm³/mol. The Hall–Kier alpha value is -2.97. The van der Waals surface area contributed by atoms with E-state index in [-0.39, 0.29) is 17.4 Å². The molecule has 0 unspecified atom stereocenters. The van der Waals surface area contributed by atoms with Gasteiger partial charge in [-0.2, -0.15) is 0 Å². The Morgan fingerprint density at radius 3 is 2.45 bits per heavy atom. The number of imidazole rings is 1. The van der Waals surface area contributed by atoms with Crippen molar-refractivity contribution in [1.29, 1.82) is 0 Å². The Labute approximate surface area is 182 Å². The van der Waals surface area contributed by atoms with Gasteiger partial charge >= 0.3 is 0 Å². The van der Waals surface area contributed by atoms with E-state index in [0.717, 1.165) is 28.3 Å². The minimum Gasteiger partial charge on any atom is -0.342 e. The molecule has 2 aromatic carbocycles. The van der Waals surface area contributed by atoms with Crippen LogP contribution >= 0.6 is 0 Å². The number of amides is 1. The van der Waals surface area contributed by atoms with E-state index >= 15 is 0 Å². The smallest absolute Gasteiger partial charge is 0.255 e. The Bertz CT molecular complexity index is 1170. The van der Waals surface area contributed by atoms with Crippen LogP contribution in [0.25, 0.3) is 11.4 Å². The molecule has 0 bridgehead atoms. The van der Waals surface area contributed by atoms with Crippen molar-refractivity contribution in [1.82, 2.24) is 14.9 Å². The van der Waals surface area contributed by atoms with Gasteiger partial charge in [-0.25, -0.2) is 13.4 Å². The zero-order valence-electron chi connectivity index (χ0n) is 17.7. The molecule has 1 saturated heterocycles. The number of anilines is 1. The quantitative estimate of drug-likeness (QED) is 0.638. The number of rotatable bonds is 5. The Morgan fingerprint density at radius 2 is 1.81 bits per heavy atom. The number of hydrogen-bond donors (Lipinski definition) is 2. The molecule has 1 aliphatic rings. The lowest BCUT2D eigenvalue weighted by atomic mass is 10.1. The summed E-state index contributed by atoms with van der Waals surface area (Å²) < 4.78 is 23.2. The monoisotopic (exact) mass is 438 g/mol. The first kappa shape index (κ1) is 21.3. The maximum Gasteiger partial charge on any atom is 0.255 e. The van der Waals surface area contributed by atoms with Gasteiger partial charge in [-0.05, 0) is 55.8 Å². The molecule has 0 spiro atoms. The second-order valence-corrected chi connectivity index (χ2v) is 10.3. The Kier molecular flexibility index (Phi) is 5.93. The number of benzene rings is 2. The maximum absolute atomic E-state index is 12.7. The van der Waals surface area contributed by atoms with Gasteiger partial charge in [0.25, 0.3) is 5.91 Å². The van der Waals surface area contributed by atoms with Crippen molar-refractivity contribution in [2.24, 2.45) is 0 Å². The molecule has 1 fully saturated rings. The van der Waals surface area contributed by atoms with Gasteiger partial charge in [0.15, 0.2) is 9.84 Å². The van der Waals surface area contributed by atoms with Crippen molar-refractivity contribution >= 4 is 21.4 Å². The molecule has 0 atom stereocenters. The Morgan fingerprint density at radius 1 is 1.10 bits per heavy atom. The summed E-state index contributed by atoms with van der Waals surface area (Å²) in [5, 5.41) is 2.93. The van der Waals surface area contributed by atoms with Crippen LogP contribution in [0.15, 0.2) is 48.5 Å². The summed E-state index contributed by atoms with van der Waals surface area (Å²) in [7, 11) is -2.90. The first-order valence-electron chi connectivity index (χ1n) is 10.3. The van der Waals surface area contributed by atoms with E-state index in [9.17, 15) is 13.2 Å². The van der Waals surface area contributed by atoms with Crippen molar-refractivity contribution in [3.8, 4) is 11.4 Å². The fourth-order valence-electron chi connectivity index (χ4n) is 3.58. The molecule has 0 radical (unpaired) electrons. The highest BCUT2D eigenvalue weighted by Crippen LogP contribution is 2.21. The number of hydrogen-bond acceptors (Lipinski definition) is 5. The number of nitrogens with zero attached hydrogens (tertiary/aromatic N) is 2. The number of H-pyrrole nitrogens is 1. The zero-order valence-corrected chi connectivity index (χ0v) is 18.5. The molecule has 31 heavy (non-hydrogen) atoms. The molecule has 1 aromatic heterocycles. The molecule has 2 N–H and O–H groups in total. The average Bonchev–Trinajstić information content (AvgIpc) is 3.09. The van der Waals surface area contributed by atoms with Gasteiger partial charge in [0.2, 0.25) is 0 Å². The number of sulfone groups is 1. The van der Waals surface area contributed by atoms with Crippen molar-refractivity contribution < 1.29 is 13.2 Å². The Balaban J connectivity index is 1.40. The number of carbonyl (C=O) groups excluding carboxylic acids is 1. The van der Waals surface area contributed by atoms with Crippen molar-refractivity contribution in [2.45, 2.75) is 20.4 Å². The van der Waals surface area contributed by atoms with Crippen LogP contribution in [0.5, 0.6) is 0 Å². The third-order valence-corrected chi connectivity index (χ3v) is 7.19. The van der Waals surface area contributed by atoms with Crippen LogP contribution in [0.3, 0.4) is 0 Å². The molecular formula is C23H26N4O3S. The standard InChI is InChI=1S/C23H26N4O3S/c1-16-17(2)25-22(24-16)19-6-8-21(9-7-19)26-23(28)20-5-3-4-18(14-20)15-27-10-12-31(29,30)13-11-27/h3-9,14H,10-13,15H2,1-2H3,(H,24,25)(H,26,28). The molecule has 162 valence electrons. The molecule has 1 aliphatic heterocycles. The highest BCUT2D eigenvalue weighted by atomic mass is 32.2. The van der Waals surface area contributed by atoms with E-state index in [2.05, 4.69) is 20.2 Å². The van der Waals surface area contributed by atoms with Gasteiger partial charge < -0.3 is 10.3 Å². The molecule has 2 heterocycles. The van der Waals surface area contributed by atoms with Crippen LogP contribution < -0.4 is 5.32 Å². The first-order chi connectivity index (χ1) is 14.8. The normalized spacial score (nSPS) is 16.2. The maximum atomic E-state index is 12.7. The van der Waals surface area contributed by atoms with Crippen LogP contribution in [0.2, 0.25) is 0 Å². The molecule has 7 nitrogen and oxygen atoms in total. The summed E-state index contributed by atoms with van der Waals surface area (Å²) in [6.07, 6.45) is 0. The third kappa shape index (κ3) is 5.21. The van der Waals surface area contributed by atoms with Gasteiger partial charge in [-0.1, -0.05) is 12.1 Å². The highest BCUT2D eigenvalue weighted by Gasteiger charge is 2.21. The molecule has 0 aliphatic carbocycles. The first-order valence-corrected chi connectivity index (χ1v) is 12.1. The van der Waals surface area contributed by atoms with Crippen molar-refractivity contribution in [3.63, 3.8) is 0 Å². The van der Waals surface area contributed by atoms with Crippen molar-refractivity contribution in [3.05, 3.63) is 71.0 Å². The predicted octanol–water partition coefficient (Wildman–Crippen LogP) is 3.18. The highest BCUT2D eigenvalue weighted by molar-refractivity contribution is 7.91. The molecule has 4 rings (SSSR count). The van der Waals surface area contributed by atoms with Crippen LogP contribution in [0.1, 0.15) is 27.3 Å². The van der Waals surface area contributed by atoms with E-state index in [1.54, 1.807) is 6.07 Å². The van der Waals surface area contributed by atoms with Gasteiger partial charge in [0, 0.05) is 42.1 Å². The summed E-state index contributed by atoms with van der Waals surface area (Å²) in [6.45, 7) is 5.64. The number of nitrogens with one attached hydrogen (secondary N) is 2. The van der Waals surface area contributed by atoms with E-state index in [1.165, 1.54) is 0 Å². The van der Waals surface area contributed by atoms with Gasteiger partial charge in [-0.15, -0.1) is 0 Å². The number of aromatic amines is 1. The van der Waals surface area contributed by atoms with Crippen molar-refractivity contribution in [2.75, 3.05) is 29.9 Å². The minimum absolute atomic E-state index is 0.180. The largest absolute Gasteiger partial charge is 0.342 e. The third-order valence-electron chi connectivity index (χ3n) is 5.58. The van der Waals surface area contributed by atoms with E-state index in [0.29, 0.717) is 30.9 Å². The second kappa shape index (κ2) is 8.64. The zero-order chi connectivity index (χ0) is 22.0. The fraction of sp³-hybridized carbons (Fsp3) is 0.304. The summed E-state index contributed by atoms with van der Waals surface area (Å²) in [5.41, 5.74) is 5.24. The topological polar surface area (TPSA) is 95.2 Å². The number of aryl methyl sites for hydroxylation is 2.